The quantitative estimate of drug-likeness (QED) is 0.808. The summed E-state index contributed by atoms with van der Waals surface area (Å²) in [4.78, 5) is 12.1. The van der Waals surface area contributed by atoms with E-state index >= 15 is 0 Å². The van der Waals surface area contributed by atoms with Gasteiger partial charge in [-0.1, -0.05) is 0 Å². The van der Waals surface area contributed by atoms with Crippen LogP contribution >= 0.6 is 0 Å². The molecule has 4 heteroatoms. The minimum absolute atomic E-state index is 0.0848. The summed E-state index contributed by atoms with van der Waals surface area (Å²) in [5, 5.41) is 2.81. The molecule has 0 saturated carbocycles. The Kier molecular flexibility index (Phi) is 5.06. The van der Waals surface area contributed by atoms with Crippen molar-refractivity contribution in [3.05, 3.63) is 23.8 Å². The number of hydrogen-bond acceptors (Lipinski definition) is 3. The summed E-state index contributed by atoms with van der Waals surface area (Å²) in [6.45, 7) is 1.85. The molecule has 0 spiro atoms. The standard InChI is InChI=1S/C14H17NO3/c1-5-6-10(2)15-14(16)12-9-11(17-3)7-8-13(12)18-4/h1,7-10H,6H2,2-4H3,(H,15,16). The maximum absolute atomic E-state index is 12.1. The molecule has 1 rings (SSSR count). The van der Waals surface area contributed by atoms with Crippen molar-refractivity contribution in [3.8, 4) is 23.8 Å². The molecular formula is C14H17NO3. The minimum Gasteiger partial charge on any atom is -0.497 e. The molecule has 1 aromatic rings. The van der Waals surface area contributed by atoms with Crippen molar-refractivity contribution in [3.63, 3.8) is 0 Å². The Labute approximate surface area is 107 Å². The molecule has 1 amide bonds. The van der Waals surface area contributed by atoms with Crippen molar-refractivity contribution in [1.29, 1.82) is 0 Å². The fourth-order valence-electron chi connectivity index (χ4n) is 1.52. The van der Waals surface area contributed by atoms with E-state index in [1.807, 2.05) is 6.92 Å². The smallest absolute Gasteiger partial charge is 0.255 e. The highest BCUT2D eigenvalue weighted by atomic mass is 16.5. The van der Waals surface area contributed by atoms with Gasteiger partial charge in [-0.15, -0.1) is 12.3 Å². The third kappa shape index (κ3) is 3.42. The first-order chi connectivity index (χ1) is 8.62. The summed E-state index contributed by atoms with van der Waals surface area (Å²) in [5.74, 6) is 3.38. The molecule has 18 heavy (non-hydrogen) atoms. The number of benzene rings is 1. The molecule has 1 N–H and O–H groups in total. The Bertz CT molecular complexity index is 463. The summed E-state index contributed by atoms with van der Waals surface area (Å²) >= 11 is 0. The predicted molar refractivity (Wildman–Crippen MR) is 69.9 cm³/mol. The summed E-state index contributed by atoms with van der Waals surface area (Å²) in [7, 11) is 3.06. The van der Waals surface area contributed by atoms with Gasteiger partial charge in [0.25, 0.3) is 5.91 Å². The van der Waals surface area contributed by atoms with Gasteiger partial charge in [-0.2, -0.15) is 0 Å². The summed E-state index contributed by atoms with van der Waals surface area (Å²) in [6, 6.07) is 4.98. The van der Waals surface area contributed by atoms with Crippen molar-refractivity contribution in [2.24, 2.45) is 0 Å². The van der Waals surface area contributed by atoms with Gasteiger partial charge in [-0.25, -0.2) is 0 Å². The van der Waals surface area contributed by atoms with Gasteiger partial charge in [0.2, 0.25) is 0 Å². The summed E-state index contributed by atoms with van der Waals surface area (Å²) in [6.07, 6.45) is 5.68. The van der Waals surface area contributed by atoms with Gasteiger partial charge in [0.15, 0.2) is 0 Å². The number of hydrogen-bond donors (Lipinski definition) is 1. The zero-order valence-corrected chi connectivity index (χ0v) is 10.8. The normalized spacial score (nSPS) is 11.2. The Morgan fingerprint density at radius 1 is 1.44 bits per heavy atom. The van der Waals surface area contributed by atoms with Crippen LogP contribution in [0.1, 0.15) is 23.7 Å². The van der Waals surface area contributed by atoms with Gasteiger partial charge in [-0.3, -0.25) is 4.79 Å². The molecule has 0 aliphatic carbocycles. The molecule has 0 fully saturated rings. The molecule has 96 valence electrons. The second-order valence-electron chi connectivity index (χ2n) is 3.85. The van der Waals surface area contributed by atoms with Crippen molar-refractivity contribution in [2.45, 2.75) is 19.4 Å². The first-order valence-corrected chi connectivity index (χ1v) is 5.58. The van der Waals surface area contributed by atoms with Crippen LogP contribution in [0.5, 0.6) is 11.5 Å². The molecule has 0 saturated heterocycles. The molecule has 0 aliphatic rings. The van der Waals surface area contributed by atoms with Gasteiger partial charge >= 0.3 is 0 Å². The van der Waals surface area contributed by atoms with Gasteiger partial charge in [-0.05, 0) is 25.1 Å². The van der Waals surface area contributed by atoms with Crippen molar-refractivity contribution < 1.29 is 14.3 Å². The highest BCUT2D eigenvalue weighted by molar-refractivity contribution is 5.97. The van der Waals surface area contributed by atoms with E-state index in [-0.39, 0.29) is 11.9 Å². The number of amides is 1. The molecule has 0 aliphatic heterocycles. The monoisotopic (exact) mass is 247 g/mol. The van der Waals surface area contributed by atoms with Crippen LogP contribution in [0, 0.1) is 12.3 Å². The van der Waals surface area contributed by atoms with Gasteiger partial charge in [0.05, 0.1) is 19.8 Å². The molecule has 0 aromatic heterocycles. The number of terminal acetylenes is 1. The van der Waals surface area contributed by atoms with Crippen LogP contribution in [-0.4, -0.2) is 26.2 Å². The highest BCUT2D eigenvalue weighted by Crippen LogP contribution is 2.23. The number of carbonyl (C=O) groups excluding carboxylic acids is 1. The van der Waals surface area contributed by atoms with E-state index in [1.165, 1.54) is 7.11 Å². The lowest BCUT2D eigenvalue weighted by molar-refractivity contribution is 0.0937. The lowest BCUT2D eigenvalue weighted by Crippen LogP contribution is -2.32. The minimum atomic E-state index is -0.228. The SMILES string of the molecule is C#CCC(C)NC(=O)c1cc(OC)ccc1OC. The molecule has 0 bridgehead atoms. The van der Waals surface area contributed by atoms with E-state index < -0.39 is 0 Å². The van der Waals surface area contributed by atoms with Crippen LogP contribution in [0.3, 0.4) is 0 Å². The second kappa shape index (κ2) is 6.55. The zero-order valence-electron chi connectivity index (χ0n) is 10.8. The zero-order chi connectivity index (χ0) is 13.5. The molecule has 0 heterocycles. The number of methoxy groups -OCH3 is 2. The van der Waals surface area contributed by atoms with E-state index in [0.717, 1.165) is 0 Å². The number of nitrogens with one attached hydrogen (secondary N) is 1. The van der Waals surface area contributed by atoms with E-state index in [4.69, 9.17) is 15.9 Å². The number of rotatable bonds is 5. The van der Waals surface area contributed by atoms with Crippen LogP contribution in [0.15, 0.2) is 18.2 Å². The van der Waals surface area contributed by atoms with Crippen LogP contribution < -0.4 is 14.8 Å². The fourth-order valence-corrected chi connectivity index (χ4v) is 1.52. The molecule has 1 unspecified atom stereocenters. The van der Waals surface area contributed by atoms with E-state index in [0.29, 0.717) is 23.5 Å². The lowest BCUT2D eigenvalue weighted by Gasteiger charge is -2.14. The first kappa shape index (κ1) is 13.9. The van der Waals surface area contributed by atoms with Crippen LogP contribution in [0.25, 0.3) is 0 Å². The number of ether oxygens (including phenoxy) is 2. The number of carbonyl (C=O) groups is 1. The van der Waals surface area contributed by atoms with Crippen LogP contribution in [0.2, 0.25) is 0 Å². The van der Waals surface area contributed by atoms with Crippen molar-refractivity contribution in [2.75, 3.05) is 14.2 Å². The van der Waals surface area contributed by atoms with Crippen LogP contribution in [0.4, 0.5) is 0 Å². The highest BCUT2D eigenvalue weighted by Gasteiger charge is 2.15. The Morgan fingerprint density at radius 3 is 2.72 bits per heavy atom. The Hall–Kier alpha value is -2.15. The average molecular weight is 247 g/mol. The second-order valence-corrected chi connectivity index (χ2v) is 3.85. The molecule has 0 radical (unpaired) electrons. The summed E-state index contributed by atoms with van der Waals surface area (Å²) in [5.41, 5.74) is 0.431. The van der Waals surface area contributed by atoms with E-state index in [2.05, 4.69) is 11.2 Å². The third-order valence-corrected chi connectivity index (χ3v) is 2.45. The topological polar surface area (TPSA) is 47.6 Å². The maximum atomic E-state index is 12.1. The molecule has 1 atom stereocenters. The van der Waals surface area contributed by atoms with E-state index in [1.54, 1.807) is 25.3 Å². The predicted octanol–water partition coefficient (Wildman–Crippen LogP) is 1.85. The molecule has 4 nitrogen and oxygen atoms in total. The Balaban J connectivity index is 2.93. The van der Waals surface area contributed by atoms with Crippen molar-refractivity contribution in [1.82, 2.24) is 5.32 Å². The van der Waals surface area contributed by atoms with Gasteiger partial charge in [0.1, 0.15) is 11.5 Å². The largest absolute Gasteiger partial charge is 0.497 e. The fraction of sp³-hybridized carbons (Fsp3) is 0.357. The van der Waals surface area contributed by atoms with Crippen molar-refractivity contribution >= 4 is 5.91 Å². The summed E-state index contributed by atoms with van der Waals surface area (Å²) < 4.78 is 10.2. The van der Waals surface area contributed by atoms with Crippen LogP contribution in [-0.2, 0) is 0 Å². The van der Waals surface area contributed by atoms with Gasteiger partial charge in [0, 0.05) is 12.5 Å². The molecular weight excluding hydrogens is 230 g/mol. The van der Waals surface area contributed by atoms with Gasteiger partial charge < -0.3 is 14.8 Å². The van der Waals surface area contributed by atoms with E-state index in [9.17, 15) is 4.79 Å². The first-order valence-electron chi connectivity index (χ1n) is 5.58. The lowest BCUT2D eigenvalue weighted by atomic mass is 10.1. The third-order valence-electron chi connectivity index (χ3n) is 2.45. The molecule has 1 aromatic carbocycles. The maximum Gasteiger partial charge on any atom is 0.255 e. The average Bonchev–Trinajstić information content (AvgIpc) is 2.38. The Morgan fingerprint density at radius 2 is 2.17 bits per heavy atom.